The standard InChI is InChI=1S/C12H22N2O4/c1-8-12(13,7-9(15)16)5-6-14(8)10(17)18-11(2,3)4/h8H,5-7,13H2,1-4H3,(H,15,16). The van der Waals surface area contributed by atoms with Gasteiger partial charge in [0.15, 0.2) is 0 Å². The van der Waals surface area contributed by atoms with Crippen LogP contribution in [0.4, 0.5) is 4.79 Å². The van der Waals surface area contributed by atoms with E-state index in [4.69, 9.17) is 15.6 Å². The number of carboxylic acids is 1. The summed E-state index contributed by atoms with van der Waals surface area (Å²) < 4.78 is 5.27. The Hall–Kier alpha value is -1.30. The third-order valence-electron chi connectivity index (χ3n) is 3.23. The van der Waals surface area contributed by atoms with E-state index in [2.05, 4.69) is 0 Å². The number of hydrogen-bond acceptors (Lipinski definition) is 4. The Kier molecular flexibility index (Phi) is 3.90. The van der Waals surface area contributed by atoms with Crippen molar-refractivity contribution in [1.29, 1.82) is 0 Å². The van der Waals surface area contributed by atoms with Crippen LogP contribution in [-0.2, 0) is 9.53 Å². The number of likely N-dealkylation sites (tertiary alicyclic amines) is 1. The summed E-state index contributed by atoms with van der Waals surface area (Å²) >= 11 is 0. The van der Waals surface area contributed by atoms with E-state index in [1.165, 1.54) is 4.90 Å². The predicted molar refractivity (Wildman–Crippen MR) is 66.2 cm³/mol. The van der Waals surface area contributed by atoms with Gasteiger partial charge in [-0.05, 0) is 34.1 Å². The number of nitrogens with zero attached hydrogens (tertiary/aromatic N) is 1. The summed E-state index contributed by atoms with van der Waals surface area (Å²) in [5.74, 6) is -0.949. The Morgan fingerprint density at radius 1 is 1.50 bits per heavy atom. The lowest BCUT2D eigenvalue weighted by atomic mass is 9.89. The summed E-state index contributed by atoms with van der Waals surface area (Å²) in [4.78, 5) is 24.3. The van der Waals surface area contributed by atoms with Gasteiger partial charge >= 0.3 is 12.1 Å². The quantitative estimate of drug-likeness (QED) is 0.776. The van der Waals surface area contributed by atoms with E-state index in [9.17, 15) is 9.59 Å². The molecule has 3 N–H and O–H groups in total. The molecule has 0 bridgehead atoms. The number of nitrogens with two attached hydrogens (primary N) is 1. The van der Waals surface area contributed by atoms with E-state index in [0.717, 1.165) is 0 Å². The van der Waals surface area contributed by atoms with E-state index in [0.29, 0.717) is 13.0 Å². The van der Waals surface area contributed by atoms with Crippen molar-refractivity contribution in [1.82, 2.24) is 4.90 Å². The summed E-state index contributed by atoms with van der Waals surface area (Å²) in [6, 6.07) is -0.344. The van der Waals surface area contributed by atoms with Gasteiger partial charge in [-0.1, -0.05) is 0 Å². The number of carbonyl (C=O) groups excluding carboxylic acids is 1. The highest BCUT2D eigenvalue weighted by molar-refractivity contribution is 5.71. The minimum Gasteiger partial charge on any atom is -0.481 e. The first kappa shape index (κ1) is 14.8. The summed E-state index contributed by atoms with van der Waals surface area (Å²) in [7, 11) is 0. The summed E-state index contributed by atoms with van der Waals surface area (Å²) in [5.41, 5.74) is 4.63. The maximum Gasteiger partial charge on any atom is 0.410 e. The third kappa shape index (κ3) is 3.35. The van der Waals surface area contributed by atoms with Gasteiger partial charge in [-0.2, -0.15) is 0 Å². The molecular weight excluding hydrogens is 236 g/mol. The van der Waals surface area contributed by atoms with E-state index < -0.39 is 23.2 Å². The zero-order chi connectivity index (χ0) is 14.1. The Morgan fingerprint density at radius 2 is 2.06 bits per heavy atom. The molecule has 0 saturated carbocycles. The molecule has 18 heavy (non-hydrogen) atoms. The average molecular weight is 258 g/mol. The van der Waals surface area contributed by atoms with E-state index in [1.54, 1.807) is 27.7 Å². The van der Waals surface area contributed by atoms with Crippen LogP contribution in [0.2, 0.25) is 0 Å². The monoisotopic (exact) mass is 258 g/mol. The van der Waals surface area contributed by atoms with Gasteiger partial charge in [-0.3, -0.25) is 4.79 Å². The normalized spacial score (nSPS) is 28.3. The minimum absolute atomic E-state index is 0.145. The molecule has 1 aliphatic rings. The van der Waals surface area contributed by atoms with Crippen molar-refractivity contribution in [3.63, 3.8) is 0 Å². The number of aliphatic carboxylic acids is 1. The van der Waals surface area contributed by atoms with Crippen LogP contribution >= 0.6 is 0 Å². The molecule has 0 aromatic rings. The summed E-state index contributed by atoms with van der Waals surface area (Å²) in [6.07, 6.45) is -0.111. The van der Waals surface area contributed by atoms with Crippen molar-refractivity contribution in [3.05, 3.63) is 0 Å². The van der Waals surface area contributed by atoms with Crippen molar-refractivity contribution >= 4 is 12.1 Å². The van der Waals surface area contributed by atoms with Crippen LogP contribution in [0, 0.1) is 0 Å². The van der Waals surface area contributed by atoms with Crippen LogP contribution in [0.15, 0.2) is 0 Å². The van der Waals surface area contributed by atoms with Crippen molar-refractivity contribution < 1.29 is 19.4 Å². The molecule has 6 nitrogen and oxygen atoms in total. The van der Waals surface area contributed by atoms with Gasteiger partial charge < -0.3 is 20.5 Å². The lowest BCUT2D eigenvalue weighted by molar-refractivity contribution is -0.138. The van der Waals surface area contributed by atoms with Crippen molar-refractivity contribution in [2.45, 2.75) is 57.7 Å². The molecule has 0 radical (unpaired) electrons. The summed E-state index contributed by atoms with van der Waals surface area (Å²) in [6.45, 7) is 7.56. The number of hydrogen-bond donors (Lipinski definition) is 2. The molecule has 1 heterocycles. The molecule has 0 spiro atoms. The first-order chi connectivity index (χ1) is 8.05. The zero-order valence-corrected chi connectivity index (χ0v) is 11.4. The predicted octanol–water partition coefficient (Wildman–Crippen LogP) is 1.19. The maximum atomic E-state index is 11.9. The highest BCUT2D eigenvalue weighted by Gasteiger charge is 2.46. The average Bonchev–Trinajstić information content (AvgIpc) is 2.39. The fraction of sp³-hybridized carbons (Fsp3) is 0.833. The van der Waals surface area contributed by atoms with Gasteiger partial charge in [0.05, 0.1) is 12.5 Å². The van der Waals surface area contributed by atoms with Crippen molar-refractivity contribution in [3.8, 4) is 0 Å². The first-order valence-corrected chi connectivity index (χ1v) is 6.05. The topological polar surface area (TPSA) is 92.9 Å². The van der Waals surface area contributed by atoms with Gasteiger partial charge in [0.2, 0.25) is 0 Å². The molecular formula is C12H22N2O4. The number of carboxylic acid groups (broad SMARTS) is 1. The second kappa shape index (κ2) is 4.76. The highest BCUT2D eigenvalue weighted by atomic mass is 16.6. The molecule has 0 aromatic heterocycles. The van der Waals surface area contributed by atoms with E-state index in [1.807, 2.05) is 0 Å². The molecule has 0 aliphatic carbocycles. The van der Waals surface area contributed by atoms with Gasteiger partial charge in [0.1, 0.15) is 5.60 Å². The molecule has 1 rings (SSSR count). The van der Waals surface area contributed by atoms with Gasteiger partial charge in [0, 0.05) is 12.1 Å². The second-order valence-corrected chi connectivity index (χ2v) is 5.90. The van der Waals surface area contributed by atoms with Crippen LogP contribution in [0.1, 0.15) is 40.5 Å². The first-order valence-electron chi connectivity index (χ1n) is 6.05. The SMILES string of the molecule is CC1N(C(=O)OC(C)(C)C)CCC1(N)CC(=O)O. The van der Waals surface area contributed by atoms with Crippen molar-refractivity contribution in [2.75, 3.05) is 6.54 Å². The van der Waals surface area contributed by atoms with Crippen LogP contribution in [0.5, 0.6) is 0 Å². The molecule has 1 amide bonds. The second-order valence-electron chi connectivity index (χ2n) is 5.90. The molecule has 104 valence electrons. The fourth-order valence-electron chi connectivity index (χ4n) is 2.13. The Bertz CT molecular complexity index is 350. The zero-order valence-electron chi connectivity index (χ0n) is 11.4. The Morgan fingerprint density at radius 3 is 2.50 bits per heavy atom. The maximum absolute atomic E-state index is 11.9. The van der Waals surface area contributed by atoms with Crippen molar-refractivity contribution in [2.24, 2.45) is 5.73 Å². The lowest BCUT2D eigenvalue weighted by Crippen LogP contribution is -2.52. The molecule has 1 saturated heterocycles. The number of carbonyl (C=O) groups is 2. The fourth-order valence-corrected chi connectivity index (χ4v) is 2.13. The van der Waals surface area contributed by atoms with Gasteiger partial charge in [-0.25, -0.2) is 4.79 Å². The molecule has 1 fully saturated rings. The third-order valence-corrected chi connectivity index (χ3v) is 3.23. The molecule has 0 aromatic carbocycles. The van der Waals surface area contributed by atoms with E-state index >= 15 is 0 Å². The summed E-state index contributed by atoms with van der Waals surface area (Å²) in [5, 5.41) is 8.85. The molecule has 2 atom stereocenters. The minimum atomic E-state index is -0.949. The molecule has 6 heteroatoms. The number of rotatable bonds is 2. The van der Waals surface area contributed by atoms with Gasteiger partial charge in [-0.15, -0.1) is 0 Å². The molecule has 1 aliphatic heterocycles. The van der Waals surface area contributed by atoms with E-state index in [-0.39, 0.29) is 12.5 Å². The highest BCUT2D eigenvalue weighted by Crippen LogP contribution is 2.30. The molecule has 2 unspecified atom stereocenters. The largest absolute Gasteiger partial charge is 0.481 e. The van der Waals surface area contributed by atoms with Crippen LogP contribution < -0.4 is 5.73 Å². The Labute approximate surface area is 107 Å². The van der Waals surface area contributed by atoms with Crippen LogP contribution in [0.3, 0.4) is 0 Å². The number of ether oxygens (including phenoxy) is 1. The Balaban J connectivity index is 2.72. The van der Waals surface area contributed by atoms with Gasteiger partial charge in [0.25, 0.3) is 0 Å². The van der Waals surface area contributed by atoms with Crippen LogP contribution in [0.25, 0.3) is 0 Å². The van der Waals surface area contributed by atoms with Crippen LogP contribution in [-0.4, -0.2) is 45.8 Å². The number of amides is 1. The lowest BCUT2D eigenvalue weighted by Gasteiger charge is -2.32. The smallest absolute Gasteiger partial charge is 0.410 e.